The Bertz CT molecular complexity index is 685. The maximum absolute atomic E-state index is 11.9. The van der Waals surface area contributed by atoms with Gasteiger partial charge in [-0.05, 0) is 23.8 Å². The fourth-order valence-electron chi connectivity index (χ4n) is 1.80. The average molecular weight is 299 g/mol. The fourth-order valence-corrected chi connectivity index (χ4v) is 1.80. The van der Waals surface area contributed by atoms with Gasteiger partial charge in [-0.1, -0.05) is 18.1 Å². The van der Waals surface area contributed by atoms with Crippen LogP contribution in [0.2, 0.25) is 0 Å². The molecular weight excluding hydrogens is 288 g/mol. The quantitative estimate of drug-likeness (QED) is 0.442. The monoisotopic (exact) mass is 299 g/mol. The van der Waals surface area contributed by atoms with E-state index in [1.807, 2.05) is 0 Å². The minimum Gasteiger partial charge on any atom is -0.548 e. The Hall–Kier alpha value is -3.27. The summed E-state index contributed by atoms with van der Waals surface area (Å²) in [4.78, 5) is 34.5. The van der Waals surface area contributed by atoms with E-state index in [9.17, 15) is 19.5 Å². The normalized spacial score (nSPS) is 15.6. The second-order valence-corrected chi connectivity index (χ2v) is 4.31. The fraction of sp³-hybridized carbons (Fsp3) is 0.133. The van der Waals surface area contributed by atoms with Crippen LogP contribution >= 0.6 is 0 Å². The van der Waals surface area contributed by atoms with Gasteiger partial charge in [-0.2, -0.15) is 0 Å². The zero-order valence-electron chi connectivity index (χ0n) is 11.4. The molecule has 0 aliphatic carbocycles. The van der Waals surface area contributed by atoms with Gasteiger partial charge in [0.05, 0.1) is 12.5 Å². The van der Waals surface area contributed by atoms with E-state index < -0.39 is 24.5 Å². The Morgan fingerprint density at radius 2 is 2.05 bits per heavy atom. The molecule has 1 aliphatic heterocycles. The molecule has 2 rings (SSSR count). The number of hydrogen-bond donors (Lipinski definition) is 1. The van der Waals surface area contributed by atoms with Gasteiger partial charge >= 0.3 is 6.03 Å². The molecule has 7 nitrogen and oxygen atoms in total. The third-order valence-corrected chi connectivity index (χ3v) is 2.76. The van der Waals surface area contributed by atoms with E-state index in [0.717, 1.165) is 0 Å². The number of terminal acetylenes is 1. The lowest BCUT2D eigenvalue weighted by atomic mass is 10.2. The van der Waals surface area contributed by atoms with E-state index in [1.54, 1.807) is 24.3 Å². The molecule has 1 N–H and O–H groups in total. The number of aliphatic carboxylic acids is 1. The number of hydrogen-bond acceptors (Lipinski definition) is 5. The van der Waals surface area contributed by atoms with Crippen LogP contribution in [-0.2, 0) is 9.59 Å². The highest BCUT2D eigenvalue weighted by atomic mass is 16.5. The van der Waals surface area contributed by atoms with Crippen LogP contribution in [0.4, 0.5) is 4.79 Å². The van der Waals surface area contributed by atoms with Crippen LogP contribution in [0.25, 0.3) is 6.08 Å². The van der Waals surface area contributed by atoms with Gasteiger partial charge in [0.1, 0.15) is 18.1 Å². The van der Waals surface area contributed by atoms with E-state index in [0.29, 0.717) is 16.2 Å². The van der Waals surface area contributed by atoms with E-state index in [4.69, 9.17) is 11.2 Å². The highest BCUT2D eigenvalue weighted by molar-refractivity contribution is 6.15. The first-order valence-corrected chi connectivity index (χ1v) is 6.22. The zero-order chi connectivity index (χ0) is 16.1. The molecule has 1 fully saturated rings. The van der Waals surface area contributed by atoms with Crippen molar-refractivity contribution in [3.8, 4) is 18.1 Å². The molecular formula is C15H11N2O5-. The molecule has 1 heterocycles. The molecule has 0 unspecified atom stereocenters. The van der Waals surface area contributed by atoms with Crippen LogP contribution in [0.5, 0.6) is 5.75 Å². The third kappa shape index (κ3) is 3.43. The number of urea groups is 1. The zero-order valence-corrected chi connectivity index (χ0v) is 11.4. The van der Waals surface area contributed by atoms with E-state index in [2.05, 4.69) is 11.2 Å². The first-order chi connectivity index (χ1) is 10.5. The number of carboxylic acids is 1. The van der Waals surface area contributed by atoms with E-state index >= 15 is 0 Å². The van der Waals surface area contributed by atoms with Crippen molar-refractivity contribution in [3.05, 3.63) is 35.5 Å². The van der Waals surface area contributed by atoms with Crippen molar-refractivity contribution in [2.45, 2.75) is 0 Å². The standard InChI is InChI=1S/C15H12N2O5/c1-2-7-22-11-5-3-10(4-6-11)8-12-14(20)17(9-13(18)19)15(21)16-12/h1,3-6,8H,7,9H2,(H,16,21)(H,18,19)/p-1/b12-8+. The lowest BCUT2D eigenvalue weighted by molar-refractivity contribution is -0.305. The smallest absolute Gasteiger partial charge is 0.329 e. The highest BCUT2D eigenvalue weighted by Crippen LogP contribution is 2.17. The Morgan fingerprint density at radius 3 is 2.64 bits per heavy atom. The molecule has 1 aliphatic rings. The van der Waals surface area contributed by atoms with Gasteiger partial charge in [-0.15, -0.1) is 6.42 Å². The molecule has 0 spiro atoms. The number of nitrogens with zero attached hydrogens (tertiary/aromatic N) is 1. The van der Waals surface area contributed by atoms with Crippen LogP contribution in [0.15, 0.2) is 30.0 Å². The van der Waals surface area contributed by atoms with Gasteiger partial charge in [0.15, 0.2) is 0 Å². The van der Waals surface area contributed by atoms with Crippen molar-refractivity contribution >= 4 is 24.0 Å². The predicted octanol–water partition coefficient (Wildman–Crippen LogP) is -0.659. The molecule has 22 heavy (non-hydrogen) atoms. The summed E-state index contributed by atoms with van der Waals surface area (Å²) in [5.74, 6) is 0.671. The van der Waals surface area contributed by atoms with Crippen LogP contribution in [0.1, 0.15) is 5.56 Å². The predicted molar refractivity (Wildman–Crippen MR) is 74.0 cm³/mol. The molecule has 1 aromatic carbocycles. The number of ether oxygens (including phenoxy) is 1. The molecule has 0 saturated carbocycles. The van der Waals surface area contributed by atoms with Gasteiger partial charge in [0.25, 0.3) is 5.91 Å². The summed E-state index contributed by atoms with van der Waals surface area (Å²) < 4.78 is 5.21. The number of nitrogens with one attached hydrogen (secondary N) is 1. The summed E-state index contributed by atoms with van der Waals surface area (Å²) in [6, 6.07) is 5.85. The number of amides is 3. The number of benzene rings is 1. The molecule has 1 aromatic rings. The molecule has 0 bridgehead atoms. The number of carbonyl (C=O) groups excluding carboxylic acids is 3. The summed E-state index contributed by atoms with van der Waals surface area (Å²) in [5.41, 5.74) is 0.621. The van der Waals surface area contributed by atoms with Crippen LogP contribution in [-0.4, -0.2) is 36.0 Å². The largest absolute Gasteiger partial charge is 0.548 e. The maximum atomic E-state index is 11.9. The number of carbonyl (C=O) groups is 3. The van der Waals surface area contributed by atoms with Gasteiger partial charge in [0.2, 0.25) is 0 Å². The minimum atomic E-state index is -1.51. The average Bonchev–Trinajstić information content (AvgIpc) is 2.74. The van der Waals surface area contributed by atoms with Crippen molar-refractivity contribution in [1.82, 2.24) is 10.2 Å². The summed E-state index contributed by atoms with van der Waals surface area (Å²) in [7, 11) is 0. The van der Waals surface area contributed by atoms with Crippen molar-refractivity contribution in [1.29, 1.82) is 0 Å². The molecule has 3 amide bonds. The minimum absolute atomic E-state index is 0.0106. The summed E-state index contributed by atoms with van der Waals surface area (Å²) >= 11 is 0. The topological polar surface area (TPSA) is 98.8 Å². The summed E-state index contributed by atoms with van der Waals surface area (Å²) in [5, 5.41) is 12.8. The Morgan fingerprint density at radius 1 is 1.36 bits per heavy atom. The molecule has 1 saturated heterocycles. The first kappa shape index (κ1) is 15.1. The molecule has 0 aromatic heterocycles. The highest BCUT2D eigenvalue weighted by Gasteiger charge is 2.33. The molecule has 0 atom stereocenters. The second kappa shape index (κ2) is 6.45. The molecule has 0 radical (unpaired) electrons. The molecule has 112 valence electrons. The lowest BCUT2D eigenvalue weighted by Gasteiger charge is -2.11. The first-order valence-electron chi connectivity index (χ1n) is 6.22. The Labute approximate surface area is 126 Å². The third-order valence-electron chi connectivity index (χ3n) is 2.76. The van der Waals surface area contributed by atoms with Gasteiger partial charge in [-0.3, -0.25) is 9.69 Å². The Balaban J connectivity index is 2.13. The summed E-state index contributed by atoms with van der Waals surface area (Å²) in [6.07, 6.45) is 6.51. The maximum Gasteiger partial charge on any atom is 0.329 e. The SMILES string of the molecule is C#CCOc1ccc(/C=C2/NC(=O)N(CC(=O)[O-])C2=O)cc1. The van der Waals surface area contributed by atoms with Gasteiger partial charge in [-0.25, -0.2) is 4.79 Å². The lowest BCUT2D eigenvalue weighted by Crippen LogP contribution is -2.41. The van der Waals surface area contributed by atoms with Gasteiger partial charge in [0, 0.05) is 0 Å². The van der Waals surface area contributed by atoms with Crippen molar-refractivity contribution in [2.75, 3.05) is 13.2 Å². The van der Waals surface area contributed by atoms with E-state index in [-0.39, 0.29) is 12.3 Å². The number of rotatable bonds is 5. The van der Waals surface area contributed by atoms with Crippen LogP contribution in [0.3, 0.4) is 0 Å². The van der Waals surface area contributed by atoms with Crippen LogP contribution in [0, 0.1) is 12.3 Å². The van der Waals surface area contributed by atoms with Crippen LogP contribution < -0.4 is 15.2 Å². The van der Waals surface area contributed by atoms with E-state index in [1.165, 1.54) is 6.08 Å². The van der Waals surface area contributed by atoms with Crippen molar-refractivity contribution < 1.29 is 24.2 Å². The molecule has 7 heteroatoms. The second-order valence-electron chi connectivity index (χ2n) is 4.31. The number of carboxylic acid groups (broad SMARTS) is 1. The number of imide groups is 1. The van der Waals surface area contributed by atoms with Crippen molar-refractivity contribution in [2.24, 2.45) is 0 Å². The Kier molecular flexibility index (Phi) is 4.44. The van der Waals surface area contributed by atoms with Crippen molar-refractivity contribution in [3.63, 3.8) is 0 Å². The summed E-state index contributed by atoms with van der Waals surface area (Å²) in [6.45, 7) is -0.645. The van der Waals surface area contributed by atoms with Gasteiger partial charge < -0.3 is 20.0 Å².